The van der Waals surface area contributed by atoms with Crippen molar-refractivity contribution in [2.75, 3.05) is 38.3 Å². The quantitative estimate of drug-likeness (QED) is 0.251. The number of H-pyrrole nitrogens is 1. The minimum Gasteiger partial charge on any atom is -0.392 e. The zero-order valence-corrected chi connectivity index (χ0v) is 18.2. The third-order valence-electron chi connectivity index (χ3n) is 4.29. The molecule has 0 saturated heterocycles. The minimum atomic E-state index is -4.49. The van der Waals surface area contributed by atoms with E-state index in [0.29, 0.717) is 0 Å². The lowest BCUT2D eigenvalue weighted by Crippen LogP contribution is -2.40. The lowest BCUT2D eigenvalue weighted by molar-refractivity contribution is -0.0327. The first kappa shape index (κ1) is 25.8. The number of hydrogen-bond acceptors (Lipinski definition) is 8. The van der Waals surface area contributed by atoms with E-state index in [9.17, 15) is 14.5 Å². The molecule has 1 atom stereocenters. The number of hydrogen-bond donors (Lipinski definition) is 5. The van der Waals surface area contributed by atoms with Gasteiger partial charge >= 0.3 is 7.60 Å². The molecule has 0 radical (unpaired) electrons. The monoisotopic (exact) mass is 444 g/mol. The van der Waals surface area contributed by atoms with Crippen molar-refractivity contribution >= 4 is 24.7 Å². The van der Waals surface area contributed by atoms with E-state index in [-0.39, 0.29) is 23.7 Å². The Morgan fingerprint density at radius 3 is 2.40 bits per heavy atom. The highest BCUT2D eigenvalue weighted by atomic mass is 31.2. The Morgan fingerprint density at radius 2 is 1.97 bits per heavy atom. The van der Waals surface area contributed by atoms with Gasteiger partial charge in [-0.2, -0.15) is 4.98 Å². The van der Waals surface area contributed by atoms with Crippen molar-refractivity contribution in [1.82, 2.24) is 24.4 Å². The van der Waals surface area contributed by atoms with Crippen LogP contribution in [0.4, 0.5) is 5.95 Å². The fourth-order valence-electron chi connectivity index (χ4n) is 2.51. The number of ether oxygens (including phenoxy) is 1. The molecule has 2 rings (SSSR count). The van der Waals surface area contributed by atoms with Crippen LogP contribution in [0.3, 0.4) is 0 Å². The first-order chi connectivity index (χ1) is 14.0. The first-order valence-corrected chi connectivity index (χ1v) is 11.0. The zero-order valence-electron chi connectivity index (χ0n) is 17.3. The number of terminal acetylenes is 1. The number of nitrogens with zero attached hydrogens (tertiary/aromatic N) is 4. The number of anilines is 1. The van der Waals surface area contributed by atoms with E-state index in [0.717, 1.165) is 0 Å². The number of rotatable bonds is 9. The van der Waals surface area contributed by atoms with Crippen LogP contribution in [0.25, 0.3) is 11.2 Å². The van der Waals surface area contributed by atoms with Crippen molar-refractivity contribution in [1.29, 1.82) is 0 Å². The van der Waals surface area contributed by atoms with Crippen molar-refractivity contribution in [2.45, 2.75) is 32.9 Å². The molecule has 2 aromatic heterocycles. The van der Waals surface area contributed by atoms with Crippen LogP contribution in [0.15, 0.2) is 11.1 Å². The van der Waals surface area contributed by atoms with Gasteiger partial charge in [0, 0.05) is 0 Å². The maximum Gasteiger partial charge on any atom is 0.351 e. The Morgan fingerprint density at radius 1 is 1.37 bits per heavy atom. The Labute approximate surface area is 174 Å². The number of nitrogens with one attached hydrogen (secondary N) is 1. The Bertz CT molecular complexity index is 954. The minimum absolute atomic E-state index is 0.00181. The van der Waals surface area contributed by atoms with Gasteiger partial charge < -0.3 is 34.8 Å². The van der Waals surface area contributed by atoms with Crippen LogP contribution in [-0.2, 0) is 15.8 Å². The molecule has 0 saturated carbocycles. The summed E-state index contributed by atoms with van der Waals surface area (Å²) in [5.41, 5.74) is 3.27. The molecule has 12 nitrogen and oxygen atoms in total. The molecule has 6 N–H and O–H groups in total. The van der Waals surface area contributed by atoms with Gasteiger partial charge in [0.15, 0.2) is 23.1 Å². The Balaban J connectivity index is 0.000000553. The molecular weight excluding hydrogens is 415 g/mol. The molecule has 0 amide bonds. The molecule has 0 spiro atoms. The average Bonchev–Trinajstić information content (AvgIpc) is 3.09. The Hall–Kier alpha value is -2.26. The summed E-state index contributed by atoms with van der Waals surface area (Å²) in [7, 11) is -4.49. The van der Waals surface area contributed by atoms with Crippen molar-refractivity contribution < 1.29 is 24.2 Å². The second kappa shape index (κ2) is 11.2. The molecule has 0 aliphatic carbocycles. The third-order valence-corrected chi connectivity index (χ3v) is 4.75. The van der Waals surface area contributed by atoms with Gasteiger partial charge in [-0.1, -0.05) is 26.7 Å². The SMILES string of the molecule is C#C[C@](CO)(Cn1cnc2c(=O)[nH]c(N)nc21)OCP(=O)(O)O.CCN(CC)CC. The molecule has 0 bridgehead atoms. The van der Waals surface area contributed by atoms with E-state index in [2.05, 4.69) is 46.5 Å². The van der Waals surface area contributed by atoms with Gasteiger partial charge in [0.25, 0.3) is 5.56 Å². The molecule has 168 valence electrons. The zero-order chi connectivity index (χ0) is 22.9. The highest BCUT2D eigenvalue weighted by Gasteiger charge is 2.32. The van der Waals surface area contributed by atoms with Crippen molar-refractivity contribution in [3.05, 3.63) is 16.7 Å². The van der Waals surface area contributed by atoms with Gasteiger partial charge in [0.1, 0.15) is 0 Å². The summed E-state index contributed by atoms with van der Waals surface area (Å²) >= 11 is 0. The second-order valence-electron chi connectivity index (χ2n) is 6.35. The van der Waals surface area contributed by atoms with E-state index in [1.807, 2.05) is 0 Å². The fraction of sp³-hybridized carbons (Fsp3) is 0.588. The van der Waals surface area contributed by atoms with Crippen LogP contribution < -0.4 is 11.3 Å². The lowest BCUT2D eigenvalue weighted by Gasteiger charge is -2.27. The standard InChI is InChI=1S/C11H14N5O6P.C6H15N/c1-2-11(4-17,22-6-23(19,20)21)3-16-5-13-7-8(16)14-10(12)15-9(7)18;1-4-7(5-2)6-3/h1,5,17H,3-4,6H2,(H2,19,20,21)(H3,12,14,15,18);4-6H2,1-3H3/t11-;/m1./s1. The fourth-order valence-corrected chi connectivity index (χ4v) is 2.93. The van der Waals surface area contributed by atoms with Gasteiger partial charge in [-0.15, -0.1) is 6.42 Å². The highest BCUT2D eigenvalue weighted by molar-refractivity contribution is 7.51. The number of fused-ring (bicyclic) bond motifs is 1. The van der Waals surface area contributed by atoms with E-state index < -0.39 is 31.7 Å². The second-order valence-corrected chi connectivity index (χ2v) is 7.94. The summed E-state index contributed by atoms with van der Waals surface area (Å²) in [6, 6.07) is 0. The van der Waals surface area contributed by atoms with E-state index in [1.165, 1.54) is 30.5 Å². The summed E-state index contributed by atoms with van der Waals surface area (Å²) in [6.07, 6.45) is 5.59. The van der Waals surface area contributed by atoms with Crippen LogP contribution in [0.1, 0.15) is 20.8 Å². The van der Waals surface area contributed by atoms with Crippen molar-refractivity contribution in [3.63, 3.8) is 0 Å². The number of nitrogen functional groups attached to an aromatic ring is 1. The van der Waals surface area contributed by atoms with E-state index in [4.69, 9.17) is 26.7 Å². The summed E-state index contributed by atoms with van der Waals surface area (Å²) in [6.45, 7) is 9.16. The number of aliphatic hydroxyl groups excluding tert-OH is 1. The first-order valence-electron chi connectivity index (χ1n) is 9.24. The largest absolute Gasteiger partial charge is 0.392 e. The van der Waals surface area contributed by atoms with Crippen LogP contribution in [0.2, 0.25) is 0 Å². The van der Waals surface area contributed by atoms with Gasteiger partial charge in [-0.25, -0.2) is 4.98 Å². The molecule has 0 aliphatic rings. The average molecular weight is 444 g/mol. The van der Waals surface area contributed by atoms with Crippen LogP contribution in [0, 0.1) is 12.3 Å². The summed E-state index contributed by atoms with van der Waals surface area (Å²) in [4.78, 5) is 41.9. The lowest BCUT2D eigenvalue weighted by atomic mass is 10.1. The van der Waals surface area contributed by atoms with E-state index >= 15 is 0 Å². The smallest absolute Gasteiger partial charge is 0.351 e. The van der Waals surface area contributed by atoms with Gasteiger partial charge in [-0.3, -0.25) is 14.3 Å². The molecule has 0 aromatic carbocycles. The summed E-state index contributed by atoms with van der Waals surface area (Å²) in [5.74, 6) is 2.02. The van der Waals surface area contributed by atoms with Crippen molar-refractivity contribution in [3.8, 4) is 12.3 Å². The number of aromatic amines is 1. The molecule has 0 fully saturated rings. The molecule has 13 heteroatoms. The Kier molecular flexibility index (Phi) is 9.64. The number of imidazole rings is 1. The molecule has 2 aromatic rings. The maximum atomic E-state index is 11.7. The summed E-state index contributed by atoms with van der Waals surface area (Å²) < 4.78 is 17.3. The normalized spacial score (nSPS) is 13.5. The predicted octanol–water partition coefficient (Wildman–Crippen LogP) is -0.434. The van der Waals surface area contributed by atoms with Crippen LogP contribution >= 0.6 is 7.60 Å². The molecule has 30 heavy (non-hydrogen) atoms. The number of aromatic nitrogens is 4. The topological polar surface area (TPSA) is 180 Å². The molecule has 2 heterocycles. The summed E-state index contributed by atoms with van der Waals surface area (Å²) in [5, 5.41) is 9.49. The third kappa shape index (κ3) is 7.21. The predicted molar refractivity (Wildman–Crippen MR) is 113 cm³/mol. The van der Waals surface area contributed by atoms with Gasteiger partial charge in [0.05, 0.1) is 19.5 Å². The molecule has 0 aliphatic heterocycles. The molecule has 0 unspecified atom stereocenters. The van der Waals surface area contributed by atoms with E-state index in [1.54, 1.807) is 0 Å². The number of aliphatic hydroxyl groups is 1. The van der Waals surface area contributed by atoms with Gasteiger partial charge in [-0.05, 0) is 19.6 Å². The highest BCUT2D eigenvalue weighted by Crippen LogP contribution is 2.36. The van der Waals surface area contributed by atoms with Crippen LogP contribution in [-0.4, -0.2) is 77.5 Å². The number of nitrogens with two attached hydrogens (primary N) is 1. The molecular formula is C17H29N6O6P. The van der Waals surface area contributed by atoms with Crippen molar-refractivity contribution in [2.24, 2.45) is 0 Å². The van der Waals surface area contributed by atoms with Gasteiger partial charge in [0.2, 0.25) is 5.95 Å². The van der Waals surface area contributed by atoms with Crippen LogP contribution in [0.5, 0.6) is 0 Å². The maximum absolute atomic E-state index is 11.7.